The lowest BCUT2D eigenvalue weighted by molar-refractivity contribution is 0.395. The summed E-state index contributed by atoms with van der Waals surface area (Å²) in [6.45, 7) is 3.66. The molecule has 0 unspecified atom stereocenters. The summed E-state index contributed by atoms with van der Waals surface area (Å²) < 4.78 is 31.1. The lowest BCUT2D eigenvalue weighted by Gasteiger charge is -2.05. The Morgan fingerprint density at radius 1 is 1.26 bits per heavy atom. The Kier molecular flexibility index (Phi) is 3.84. The number of aryl methyl sites for hydroxylation is 2. The number of nitrogens with zero attached hydrogens (tertiary/aromatic N) is 2. The first-order chi connectivity index (χ1) is 9.01. The second kappa shape index (κ2) is 5.40. The van der Waals surface area contributed by atoms with E-state index in [2.05, 4.69) is 21.8 Å². The summed E-state index contributed by atoms with van der Waals surface area (Å²) in [7, 11) is -3.67. The number of hydrogen-bond donors (Lipinski definition) is 1. The third-order valence-corrected chi connectivity index (χ3v) is 3.87. The molecule has 1 aromatic heterocycles. The first-order valence-corrected chi connectivity index (χ1v) is 7.41. The normalized spacial score (nSPS) is 11.5. The summed E-state index contributed by atoms with van der Waals surface area (Å²) in [4.78, 5) is 3.98. The predicted molar refractivity (Wildman–Crippen MR) is 70.3 cm³/mol. The van der Waals surface area contributed by atoms with Gasteiger partial charge < -0.3 is 4.52 Å². The van der Waals surface area contributed by atoms with Gasteiger partial charge >= 0.3 is 0 Å². The highest BCUT2D eigenvalue weighted by Crippen LogP contribution is 2.15. The van der Waals surface area contributed by atoms with Crippen molar-refractivity contribution < 1.29 is 12.9 Å². The number of rotatable bonds is 5. The Hall–Kier alpha value is -1.89. The van der Waals surface area contributed by atoms with E-state index in [-0.39, 0.29) is 10.8 Å². The first-order valence-electron chi connectivity index (χ1n) is 5.93. The van der Waals surface area contributed by atoms with Crippen LogP contribution in [0.1, 0.15) is 24.8 Å². The quantitative estimate of drug-likeness (QED) is 0.907. The maximum Gasteiger partial charge on any atom is 0.277 e. The van der Waals surface area contributed by atoms with E-state index in [1.807, 2.05) is 0 Å². The molecule has 0 radical (unpaired) electrons. The number of hydrogen-bond acceptors (Lipinski definition) is 5. The molecule has 0 saturated heterocycles. The topological polar surface area (TPSA) is 85.1 Å². The lowest BCUT2D eigenvalue weighted by atomic mass is 10.1. The summed E-state index contributed by atoms with van der Waals surface area (Å²) >= 11 is 0. The number of nitrogens with one attached hydrogen (secondary N) is 1. The Morgan fingerprint density at radius 3 is 2.47 bits per heavy atom. The van der Waals surface area contributed by atoms with E-state index in [9.17, 15) is 8.42 Å². The summed E-state index contributed by atoms with van der Waals surface area (Å²) in [6, 6.07) is 6.75. The molecule has 0 aliphatic carbocycles. The highest BCUT2D eigenvalue weighted by molar-refractivity contribution is 7.92. The van der Waals surface area contributed by atoms with Crippen molar-refractivity contribution >= 4 is 16.0 Å². The minimum Gasteiger partial charge on any atom is -0.338 e. The van der Waals surface area contributed by atoms with Crippen LogP contribution in [-0.4, -0.2) is 18.6 Å². The van der Waals surface area contributed by atoms with Gasteiger partial charge in [0.05, 0.1) is 4.90 Å². The molecule has 1 N–H and O–H groups in total. The van der Waals surface area contributed by atoms with Gasteiger partial charge in [0.25, 0.3) is 16.0 Å². The average molecular weight is 281 g/mol. The molecule has 102 valence electrons. The van der Waals surface area contributed by atoms with Gasteiger partial charge in [0.2, 0.25) is 5.89 Å². The van der Waals surface area contributed by atoms with E-state index in [1.165, 1.54) is 0 Å². The largest absolute Gasteiger partial charge is 0.338 e. The van der Waals surface area contributed by atoms with Crippen LogP contribution in [0.4, 0.5) is 5.95 Å². The molecule has 1 heterocycles. The van der Waals surface area contributed by atoms with Crippen molar-refractivity contribution in [1.29, 1.82) is 0 Å². The van der Waals surface area contributed by atoms with Crippen LogP contribution in [0.2, 0.25) is 0 Å². The number of aromatic nitrogens is 2. The number of benzene rings is 1. The van der Waals surface area contributed by atoms with E-state index in [4.69, 9.17) is 4.52 Å². The highest BCUT2D eigenvalue weighted by atomic mass is 32.2. The van der Waals surface area contributed by atoms with Crippen LogP contribution in [0, 0.1) is 6.92 Å². The van der Waals surface area contributed by atoms with Gasteiger partial charge in [-0.3, -0.25) is 0 Å². The zero-order chi connectivity index (χ0) is 13.9. The van der Waals surface area contributed by atoms with Gasteiger partial charge in [0.1, 0.15) is 0 Å². The second-order valence-electron chi connectivity index (χ2n) is 4.14. The molecule has 0 aliphatic rings. The SMILES string of the molecule is CCCc1ccc(S(=O)(=O)Nc2noc(C)n2)cc1. The maximum atomic E-state index is 12.0. The van der Waals surface area contributed by atoms with E-state index >= 15 is 0 Å². The fourth-order valence-corrected chi connectivity index (χ4v) is 2.58. The fraction of sp³-hybridized carbons (Fsp3) is 0.333. The third-order valence-electron chi connectivity index (χ3n) is 2.53. The molecule has 0 spiro atoms. The van der Waals surface area contributed by atoms with Crippen LogP contribution in [-0.2, 0) is 16.4 Å². The van der Waals surface area contributed by atoms with Crippen LogP contribution < -0.4 is 4.72 Å². The molecule has 2 rings (SSSR count). The van der Waals surface area contributed by atoms with E-state index in [0.29, 0.717) is 5.89 Å². The molecule has 0 amide bonds. The molecule has 1 aromatic carbocycles. The van der Waals surface area contributed by atoms with Gasteiger partial charge in [-0.15, -0.1) is 0 Å². The smallest absolute Gasteiger partial charge is 0.277 e. The Labute approximate surface area is 111 Å². The Balaban J connectivity index is 2.19. The second-order valence-corrected chi connectivity index (χ2v) is 5.82. The van der Waals surface area contributed by atoms with Crippen LogP contribution in [0.15, 0.2) is 33.7 Å². The summed E-state index contributed by atoms with van der Waals surface area (Å²) in [6.07, 6.45) is 1.95. The van der Waals surface area contributed by atoms with Gasteiger partial charge in [-0.05, 0) is 29.3 Å². The Morgan fingerprint density at radius 2 is 1.95 bits per heavy atom. The van der Waals surface area contributed by atoms with Crippen molar-refractivity contribution in [3.63, 3.8) is 0 Å². The third kappa shape index (κ3) is 3.31. The van der Waals surface area contributed by atoms with E-state index in [0.717, 1.165) is 18.4 Å². The fourth-order valence-electron chi connectivity index (χ4n) is 1.64. The van der Waals surface area contributed by atoms with Crippen molar-refractivity contribution in [3.05, 3.63) is 35.7 Å². The molecular weight excluding hydrogens is 266 g/mol. The molecule has 0 fully saturated rings. The Bertz CT molecular complexity index is 647. The molecule has 19 heavy (non-hydrogen) atoms. The monoisotopic (exact) mass is 281 g/mol. The minimum absolute atomic E-state index is 0.0601. The lowest BCUT2D eigenvalue weighted by Crippen LogP contribution is -2.13. The molecule has 0 saturated carbocycles. The number of anilines is 1. The molecule has 7 heteroatoms. The van der Waals surface area contributed by atoms with Gasteiger partial charge in [0, 0.05) is 6.92 Å². The molecule has 6 nitrogen and oxygen atoms in total. The van der Waals surface area contributed by atoms with Crippen LogP contribution in [0.5, 0.6) is 0 Å². The zero-order valence-corrected chi connectivity index (χ0v) is 11.6. The molecular formula is C12H15N3O3S. The molecule has 2 aromatic rings. The standard InChI is InChI=1S/C12H15N3O3S/c1-3-4-10-5-7-11(8-6-10)19(16,17)15-12-13-9(2)18-14-12/h5-8H,3-4H2,1-2H3,(H,14,15). The van der Waals surface area contributed by atoms with Crippen molar-refractivity contribution in [3.8, 4) is 0 Å². The molecule has 0 atom stereocenters. The number of sulfonamides is 1. The van der Waals surface area contributed by atoms with Crippen molar-refractivity contribution in [2.45, 2.75) is 31.6 Å². The van der Waals surface area contributed by atoms with Gasteiger partial charge in [-0.2, -0.15) is 4.98 Å². The van der Waals surface area contributed by atoms with Crippen molar-refractivity contribution in [2.24, 2.45) is 0 Å². The minimum atomic E-state index is -3.67. The summed E-state index contributed by atoms with van der Waals surface area (Å²) in [5.74, 6) is 0.242. The van der Waals surface area contributed by atoms with Gasteiger partial charge in [0.15, 0.2) is 0 Å². The summed E-state index contributed by atoms with van der Waals surface area (Å²) in [5.41, 5.74) is 1.11. The molecule has 0 bridgehead atoms. The van der Waals surface area contributed by atoms with Crippen molar-refractivity contribution in [2.75, 3.05) is 4.72 Å². The highest BCUT2D eigenvalue weighted by Gasteiger charge is 2.16. The van der Waals surface area contributed by atoms with Gasteiger partial charge in [-0.25, -0.2) is 13.1 Å². The van der Waals surface area contributed by atoms with E-state index < -0.39 is 10.0 Å². The zero-order valence-electron chi connectivity index (χ0n) is 10.8. The summed E-state index contributed by atoms with van der Waals surface area (Å²) in [5, 5.41) is 3.50. The van der Waals surface area contributed by atoms with Crippen LogP contribution in [0.3, 0.4) is 0 Å². The maximum absolute atomic E-state index is 12.0. The molecule has 0 aliphatic heterocycles. The van der Waals surface area contributed by atoms with E-state index in [1.54, 1.807) is 31.2 Å². The first kappa shape index (κ1) is 13.5. The van der Waals surface area contributed by atoms with Crippen LogP contribution in [0.25, 0.3) is 0 Å². The average Bonchev–Trinajstić information content (AvgIpc) is 2.75. The van der Waals surface area contributed by atoms with Crippen molar-refractivity contribution in [1.82, 2.24) is 10.1 Å². The van der Waals surface area contributed by atoms with Gasteiger partial charge in [-0.1, -0.05) is 25.5 Å². The predicted octanol–water partition coefficient (Wildman–Crippen LogP) is 2.13. The van der Waals surface area contributed by atoms with Crippen LogP contribution >= 0.6 is 0 Å².